The SMILES string of the molecule is COc1ccnc(N2CC3(C2)CC(F)(F)C3)c1. The van der Waals surface area contributed by atoms with Crippen molar-refractivity contribution in [2.75, 3.05) is 25.1 Å². The number of alkyl halides is 2. The molecule has 3 rings (SSSR count). The maximum atomic E-state index is 12.8. The lowest BCUT2D eigenvalue weighted by molar-refractivity contribution is -0.170. The molecule has 1 saturated carbocycles. The predicted octanol–water partition coefficient (Wildman–Crippen LogP) is 2.33. The van der Waals surface area contributed by atoms with Gasteiger partial charge in [0.25, 0.3) is 0 Å². The zero-order valence-corrected chi connectivity index (χ0v) is 9.62. The van der Waals surface area contributed by atoms with E-state index in [2.05, 4.69) is 4.98 Å². The molecule has 1 aliphatic carbocycles. The Morgan fingerprint density at radius 3 is 2.65 bits per heavy atom. The number of rotatable bonds is 2. The van der Waals surface area contributed by atoms with Crippen LogP contribution in [-0.4, -0.2) is 31.1 Å². The summed E-state index contributed by atoms with van der Waals surface area (Å²) in [5.41, 5.74) is -0.158. The summed E-state index contributed by atoms with van der Waals surface area (Å²) in [7, 11) is 1.60. The molecule has 0 bridgehead atoms. The molecule has 2 fully saturated rings. The van der Waals surface area contributed by atoms with Crippen molar-refractivity contribution in [1.29, 1.82) is 0 Å². The van der Waals surface area contributed by atoms with Crippen LogP contribution in [0.3, 0.4) is 0 Å². The van der Waals surface area contributed by atoms with Gasteiger partial charge in [-0.1, -0.05) is 0 Å². The maximum absolute atomic E-state index is 12.8. The summed E-state index contributed by atoms with van der Waals surface area (Å²) in [6.45, 7) is 1.37. The zero-order chi connectivity index (χ0) is 12.1. The van der Waals surface area contributed by atoms with Gasteiger partial charge in [-0.15, -0.1) is 0 Å². The Bertz CT molecular complexity index is 434. The smallest absolute Gasteiger partial charge is 0.249 e. The average Bonchev–Trinajstić information content (AvgIpc) is 2.22. The second-order valence-corrected chi connectivity index (χ2v) is 5.12. The molecule has 2 heterocycles. The first kappa shape index (κ1) is 10.7. The van der Waals surface area contributed by atoms with E-state index in [9.17, 15) is 8.78 Å². The Kier molecular flexibility index (Phi) is 2.09. The molecule has 1 saturated heterocycles. The first-order valence-corrected chi connectivity index (χ1v) is 5.65. The molecule has 2 aliphatic rings. The second-order valence-electron chi connectivity index (χ2n) is 5.12. The van der Waals surface area contributed by atoms with Crippen molar-refractivity contribution < 1.29 is 13.5 Å². The Balaban J connectivity index is 1.65. The standard InChI is InChI=1S/C12H14F2N2O/c1-17-9-2-3-15-10(4-9)16-7-11(8-16)5-12(13,14)6-11/h2-4H,5-8H2,1H3. The van der Waals surface area contributed by atoms with E-state index in [1.54, 1.807) is 19.4 Å². The first-order chi connectivity index (χ1) is 8.02. The Hall–Kier alpha value is -1.39. The van der Waals surface area contributed by atoms with Gasteiger partial charge in [0, 0.05) is 43.6 Å². The monoisotopic (exact) mass is 240 g/mol. The minimum Gasteiger partial charge on any atom is -0.497 e. The van der Waals surface area contributed by atoms with Crippen molar-refractivity contribution in [3.63, 3.8) is 0 Å². The molecule has 0 N–H and O–H groups in total. The first-order valence-electron chi connectivity index (χ1n) is 5.65. The lowest BCUT2D eigenvalue weighted by Crippen LogP contribution is -2.66. The summed E-state index contributed by atoms with van der Waals surface area (Å²) < 4.78 is 30.8. The summed E-state index contributed by atoms with van der Waals surface area (Å²) >= 11 is 0. The summed E-state index contributed by atoms with van der Waals surface area (Å²) in [5, 5.41) is 0. The molecule has 0 aromatic carbocycles. The molecule has 0 radical (unpaired) electrons. The van der Waals surface area contributed by atoms with Gasteiger partial charge in [0.2, 0.25) is 5.92 Å². The van der Waals surface area contributed by atoms with E-state index < -0.39 is 5.92 Å². The van der Waals surface area contributed by atoms with Gasteiger partial charge in [-0.2, -0.15) is 0 Å². The zero-order valence-electron chi connectivity index (χ0n) is 9.62. The van der Waals surface area contributed by atoms with Gasteiger partial charge in [0.05, 0.1) is 7.11 Å². The van der Waals surface area contributed by atoms with Crippen LogP contribution >= 0.6 is 0 Å². The van der Waals surface area contributed by atoms with E-state index >= 15 is 0 Å². The number of hydrogen-bond donors (Lipinski definition) is 0. The fourth-order valence-corrected chi connectivity index (χ4v) is 2.89. The molecular weight excluding hydrogens is 226 g/mol. The Morgan fingerprint density at radius 1 is 1.35 bits per heavy atom. The van der Waals surface area contributed by atoms with Gasteiger partial charge in [0.15, 0.2) is 0 Å². The molecule has 1 aromatic heterocycles. The van der Waals surface area contributed by atoms with Crippen LogP contribution in [0.5, 0.6) is 5.75 Å². The van der Waals surface area contributed by atoms with E-state index in [4.69, 9.17) is 4.74 Å². The molecule has 92 valence electrons. The fourth-order valence-electron chi connectivity index (χ4n) is 2.89. The van der Waals surface area contributed by atoms with Crippen LogP contribution in [0.1, 0.15) is 12.8 Å². The number of pyridine rings is 1. The molecule has 0 atom stereocenters. The highest BCUT2D eigenvalue weighted by atomic mass is 19.3. The Morgan fingerprint density at radius 2 is 2.06 bits per heavy atom. The van der Waals surface area contributed by atoms with Gasteiger partial charge in [-0.25, -0.2) is 13.8 Å². The van der Waals surface area contributed by atoms with Crippen LogP contribution < -0.4 is 9.64 Å². The highest BCUT2D eigenvalue weighted by Crippen LogP contribution is 2.57. The normalized spacial score (nSPS) is 24.1. The van der Waals surface area contributed by atoms with Crippen LogP contribution in [-0.2, 0) is 0 Å². The topological polar surface area (TPSA) is 25.4 Å². The van der Waals surface area contributed by atoms with E-state index in [0.29, 0.717) is 13.1 Å². The summed E-state index contributed by atoms with van der Waals surface area (Å²) in [4.78, 5) is 6.25. The van der Waals surface area contributed by atoms with Crippen molar-refractivity contribution in [2.24, 2.45) is 5.41 Å². The summed E-state index contributed by atoms with van der Waals surface area (Å²) in [6, 6.07) is 3.61. The largest absolute Gasteiger partial charge is 0.497 e. The molecule has 17 heavy (non-hydrogen) atoms. The van der Waals surface area contributed by atoms with E-state index in [-0.39, 0.29) is 18.3 Å². The Labute approximate surface area is 98.4 Å². The molecule has 1 spiro atoms. The summed E-state index contributed by atoms with van der Waals surface area (Å²) in [6.07, 6.45) is 1.73. The number of hydrogen-bond acceptors (Lipinski definition) is 3. The predicted molar refractivity (Wildman–Crippen MR) is 59.6 cm³/mol. The van der Waals surface area contributed by atoms with Gasteiger partial charge < -0.3 is 9.64 Å². The number of ether oxygens (including phenoxy) is 1. The lowest BCUT2D eigenvalue weighted by atomic mass is 9.61. The molecule has 3 nitrogen and oxygen atoms in total. The number of halogens is 2. The number of methoxy groups -OCH3 is 1. The van der Waals surface area contributed by atoms with Crippen molar-refractivity contribution >= 4 is 5.82 Å². The van der Waals surface area contributed by atoms with Crippen LogP contribution in [0.15, 0.2) is 18.3 Å². The van der Waals surface area contributed by atoms with Crippen LogP contribution in [0.25, 0.3) is 0 Å². The highest BCUT2D eigenvalue weighted by molar-refractivity contribution is 5.47. The van der Waals surface area contributed by atoms with Gasteiger partial charge >= 0.3 is 0 Å². The molecular formula is C12H14F2N2O. The quantitative estimate of drug-likeness (QED) is 0.793. The number of anilines is 1. The van der Waals surface area contributed by atoms with Crippen molar-refractivity contribution in [3.05, 3.63) is 18.3 Å². The minimum atomic E-state index is -2.44. The minimum absolute atomic E-state index is 0.0282. The third-order valence-electron chi connectivity index (χ3n) is 3.60. The van der Waals surface area contributed by atoms with Gasteiger partial charge in [-0.3, -0.25) is 0 Å². The second kappa shape index (κ2) is 3.31. The molecule has 0 amide bonds. The number of aromatic nitrogens is 1. The van der Waals surface area contributed by atoms with Gasteiger partial charge in [0.1, 0.15) is 11.6 Å². The van der Waals surface area contributed by atoms with Crippen LogP contribution in [0, 0.1) is 5.41 Å². The maximum Gasteiger partial charge on any atom is 0.249 e. The van der Waals surface area contributed by atoms with Crippen molar-refractivity contribution in [2.45, 2.75) is 18.8 Å². The molecule has 5 heteroatoms. The van der Waals surface area contributed by atoms with Crippen molar-refractivity contribution in [3.8, 4) is 5.75 Å². The third kappa shape index (κ3) is 1.73. The summed E-state index contributed by atoms with van der Waals surface area (Å²) in [5.74, 6) is -0.881. The van der Waals surface area contributed by atoms with Crippen LogP contribution in [0.4, 0.5) is 14.6 Å². The highest BCUT2D eigenvalue weighted by Gasteiger charge is 2.61. The lowest BCUT2D eigenvalue weighted by Gasteiger charge is -2.59. The van der Waals surface area contributed by atoms with Crippen molar-refractivity contribution in [1.82, 2.24) is 4.98 Å². The molecule has 0 unspecified atom stereocenters. The average molecular weight is 240 g/mol. The van der Waals surface area contributed by atoms with Gasteiger partial charge in [-0.05, 0) is 6.07 Å². The molecule has 1 aliphatic heterocycles. The fraction of sp³-hybridized carbons (Fsp3) is 0.583. The van der Waals surface area contributed by atoms with Crippen LogP contribution in [0.2, 0.25) is 0 Å². The van der Waals surface area contributed by atoms with E-state index in [1.165, 1.54) is 0 Å². The van der Waals surface area contributed by atoms with E-state index in [1.807, 2.05) is 11.0 Å². The number of nitrogens with zero attached hydrogens (tertiary/aromatic N) is 2. The van der Waals surface area contributed by atoms with E-state index in [0.717, 1.165) is 11.6 Å². The third-order valence-corrected chi connectivity index (χ3v) is 3.60. The molecule has 1 aromatic rings.